The maximum absolute atomic E-state index is 5.35. The summed E-state index contributed by atoms with van der Waals surface area (Å²) in [7, 11) is 0. The van der Waals surface area contributed by atoms with Crippen LogP contribution >= 0.6 is 0 Å². The number of hydrogen-bond acceptors (Lipinski definition) is 2. The van der Waals surface area contributed by atoms with Gasteiger partial charge in [0.2, 0.25) is 0 Å². The molecule has 0 radical (unpaired) electrons. The number of rotatable bonds is 6. The van der Waals surface area contributed by atoms with Crippen LogP contribution in [0.25, 0.3) is 0 Å². The third-order valence-electron chi connectivity index (χ3n) is 2.00. The highest BCUT2D eigenvalue weighted by molar-refractivity contribution is 5.04. The van der Waals surface area contributed by atoms with Gasteiger partial charge in [0.1, 0.15) is 5.76 Å². The molecule has 1 rings (SSSR count). The second-order valence-electron chi connectivity index (χ2n) is 2.99. The van der Waals surface area contributed by atoms with Crippen molar-refractivity contribution in [1.29, 1.82) is 0 Å². The molecule has 0 aliphatic rings. The van der Waals surface area contributed by atoms with Crippen LogP contribution in [0.4, 0.5) is 0 Å². The Bertz CT molecular complexity index is 228. The summed E-state index contributed by atoms with van der Waals surface area (Å²) in [5, 5.41) is 3.38. The van der Waals surface area contributed by atoms with Crippen molar-refractivity contribution >= 4 is 0 Å². The molecule has 0 bridgehead atoms. The van der Waals surface area contributed by atoms with E-state index in [4.69, 9.17) is 4.42 Å². The van der Waals surface area contributed by atoms with Gasteiger partial charge in [0.05, 0.1) is 12.3 Å². The van der Waals surface area contributed by atoms with Crippen molar-refractivity contribution in [3.05, 3.63) is 36.8 Å². The molecule has 0 saturated carbocycles. The molecule has 0 saturated heterocycles. The van der Waals surface area contributed by atoms with Crippen LogP contribution in [0.15, 0.2) is 35.5 Å². The number of furan rings is 1. The molecule has 1 aromatic heterocycles. The molecule has 1 atom stereocenters. The molecule has 0 fully saturated rings. The maximum atomic E-state index is 5.35. The van der Waals surface area contributed by atoms with Gasteiger partial charge in [-0.05, 0) is 31.5 Å². The van der Waals surface area contributed by atoms with Gasteiger partial charge in [-0.25, -0.2) is 0 Å². The molecule has 1 N–H and O–H groups in total. The third-order valence-corrected chi connectivity index (χ3v) is 2.00. The largest absolute Gasteiger partial charge is 0.468 e. The molecule has 72 valence electrons. The first kappa shape index (κ1) is 10.1. The zero-order chi connectivity index (χ0) is 9.52. The first-order valence-corrected chi connectivity index (χ1v) is 4.76. The number of hydrogen-bond donors (Lipinski definition) is 1. The SMILES string of the molecule is C=CCCC(NCC)c1ccco1. The van der Waals surface area contributed by atoms with E-state index < -0.39 is 0 Å². The van der Waals surface area contributed by atoms with Crippen molar-refractivity contribution in [2.75, 3.05) is 6.54 Å². The highest BCUT2D eigenvalue weighted by Gasteiger charge is 2.10. The van der Waals surface area contributed by atoms with E-state index in [-0.39, 0.29) is 0 Å². The van der Waals surface area contributed by atoms with Crippen LogP contribution in [0, 0.1) is 0 Å². The normalized spacial score (nSPS) is 12.7. The highest BCUT2D eigenvalue weighted by Crippen LogP contribution is 2.18. The van der Waals surface area contributed by atoms with Crippen LogP contribution in [-0.4, -0.2) is 6.54 Å². The van der Waals surface area contributed by atoms with Crippen LogP contribution < -0.4 is 5.32 Å². The molecule has 0 spiro atoms. The lowest BCUT2D eigenvalue weighted by molar-refractivity contribution is 0.403. The van der Waals surface area contributed by atoms with Crippen molar-refractivity contribution in [3.8, 4) is 0 Å². The van der Waals surface area contributed by atoms with Crippen molar-refractivity contribution in [3.63, 3.8) is 0 Å². The second kappa shape index (κ2) is 5.60. The molecular formula is C11H17NO. The van der Waals surface area contributed by atoms with E-state index in [2.05, 4.69) is 18.8 Å². The van der Waals surface area contributed by atoms with E-state index in [1.807, 2.05) is 18.2 Å². The summed E-state index contributed by atoms with van der Waals surface area (Å²) in [4.78, 5) is 0. The van der Waals surface area contributed by atoms with Crippen molar-refractivity contribution in [2.24, 2.45) is 0 Å². The average Bonchev–Trinajstić information content (AvgIpc) is 2.65. The van der Waals surface area contributed by atoms with Gasteiger partial charge in [-0.15, -0.1) is 6.58 Å². The monoisotopic (exact) mass is 179 g/mol. The zero-order valence-corrected chi connectivity index (χ0v) is 8.12. The van der Waals surface area contributed by atoms with E-state index in [0.717, 1.165) is 25.1 Å². The Balaban J connectivity index is 2.51. The summed E-state index contributed by atoms with van der Waals surface area (Å²) >= 11 is 0. The summed E-state index contributed by atoms with van der Waals surface area (Å²) in [6.07, 6.45) is 5.71. The summed E-state index contributed by atoms with van der Waals surface area (Å²) in [6.45, 7) is 6.78. The summed E-state index contributed by atoms with van der Waals surface area (Å²) < 4.78 is 5.35. The molecule has 13 heavy (non-hydrogen) atoms. The van der Waals surface area contributed by atoms with Gasteiger partial charge < -0.3 is 9.73 Å². The molecule has 2 nitrogen and oxygen atoms in total. The Labute approximate surface area is 79.6 Å². The highest BCUT2D eigenvalue weighted by atomic mass is 16.3. The van der Waals surface area contributed by atoms with Crippen LogP contribution in [0.2, 0.25) is 0 Å². The van der Waals surface area contributed by atoms with Gasteiger partial charge in [0.25, 0.3) is 0 Å². The molecule has 2 heteroatoms. The lowest BCUT2D eigenvalue weighted by atomic mass is 10.1. The van der Waals surface area contributed by atoms with Gasteiger partial charge in [-0.2, -0.15) is 0 Å². The first-order chi connectivity index (χ1) is 6.38. The first-order valence-electron chi connectivity index (χ1n) is 4.76. The molecule has 0 aromatic carbocycles. The van der Waals surface area contributed by atoms with Gasteiger partial charge in [-0.1, -0.05) is 13.0 Å². The molecular weight excluding hydrogens is 162 g/mol. The van der Waals surface area contributed by atoms with Crippen LogP contribution in [0.1, 0.15) is 31.6 Å². The van der Waals surface area contributed by atoms with Crippen molar-refractivity contribution in [2.45, 2.75) is 25.8 Å². The zero-order valence-electron chi connectivity index (χ0n) is 8.12. The predicted octanol–water partition coefficient (Wildman–Crippen LogP) is 2.90. The van der Waals surface area contributed by atoms with E-state index in [1.54, 1.807) is 6.26 Å². The van der Waals surface area contributed by atoms with E-state index in [0.29, 0.717) is 6.04 Å². The van der Waals surface area contributed by atoms with Crippen LogP contribution in [0.3, 0.4) is 0 Å². The van der Waals surface area contributed by atoms with Crippen LogP contribution in [-0.2, 0) is 0 Å². The van der Waals surface area contributed by atoms with E-state index in [1.165, 1.54) is 0 Å². The minimum Gasteiger partial charge on any atom is -0.468 e. The molecule has 0 amide bonds. The van der Waals surface area contributed by atoms with E-state index >= 15 is 0 Å². The Hall–Kier alpha value is -1.02. The Morgan fingerprint density at radius 3 is 3.08 bits per heavy atom. The fraction of sp³-hybridized carbons (Fsp3) is 0.455. The third kappa shape index (κ3) is 3.07. The van der Waals surface area contributed by atoms with Gasteiger partial charge in [-0.3, -0.25) is 0 Å². The fourth-order valence-corrected chi connectivity index (χ4v) is 1.37. The molecule has 1 unspecified atom stereocenters. The Kier molecular flexibility index (Phi) is 4.33. The number of nitrogens with one attached hydrogen (secondary N) is 1. The summed E-state index contributed by atoms with van der Waals surface area (Å²) in [5.41, 5.74) is 0. The summed E-state index contributed by atoms with van der Waals surface area (Å²) in [5.74, 6) is 1.02. The van der Waals surface area contributed by atoms with Crippen molar-refractivity contribution < 1.29 is 4.42 Å². The minimum atomic E-state index is 0.331. The molecule has 1 heterocycles. The lowest BCUT2D eigenvalue weighted by Crippen LogP contribution is -2.20. The quantitative estimate of drug-likeness (QED) is 0.679. The standard InChI is InChI=1S/C11H17NO/c1-3-5-7-10(12-4-2)11-8-6-9-13-11/h3,6,8-10,12H,1,4-5,7H2,2H3. The van der Waals surface area contributed by atoms with Crippen LogP contribution in [0.5, 0.6) is 0 Å². The van der Waals surface area contributed by atoms with Gasteiger partial charge >= 0.3 is 0 Å². The predicted molar refractivity (Wildman–Crippen MR) is 54.6 cm³/mol. The van der Waals surface area contributed by atoms with E-state index in [9.17, 15) is 0 Å². The Morgan fingerprint density at radius 2 is 2.54 bits per heavy atom. The molecule has 0 aliphatic heterocycles. The summed E-state index contributed by atoms with van der Waals surface area (Å²) in [6, 6.07) is 4.27. The molecule has 1 aromatic rings. The maximum Gasteiger partial charge on any atom is 0.120 e. The smallest absolute Gasteiger partial charge is 0.120 e. The topological polar surface area (TPSA) is 25.2 Å². The van der Waals surface area contributed by atoms with Gasteiger partial charge in [0, 0.05) is 0 Å². The van der Waals surface area contributed by atoms with Gasteiger partial charge in [0.15, 0.2) is 0 Å². The minimum absolute atomic E-state index is 0.331. The fourth-order valence-electron chi connectivity index (χ4n) is 1.37. The Morgan fingerprint density at radius 1 is 1.69 bits per heavy atom. The molecule has 0 aliphatic carbocycles. The number of allylic oxidation sites excluding steroid dienone is 1. The lowest BCUT2D eigenvalue weighted by Gasteiger charge is -2.13. The average molecular weight is 179 g/mol. The second-order valence-corrected chi connectivity index (χ2v) is 2.99. The van der Waals surface area contributed by atoms with Crippen molar-refractivity contribution in [1.82, 2.24) is 5.32 Å².